The Labute approximate surface area is 172 Å². The molecule has 0 radical (unpaired) electrons. The van der Waals surface area contributed by atoms with Crippen molar-refractivity contribution in [2.75, 3.05) is 5.32 Å². The summed E-state index contributed by atoms with van der Waals surface area (Å²) in [5.74, 6) is 1.48. The highest BCUT2D eigenvalue weighted by Gasteiger charge is 2.11. The van der Waals surface area contributed by atoms with E-state index >= 15 is 0 Å². The zero-order valence-corrected chi connectivity index (χ0v) is 17.0. The fourth-order valence-electron chi connectivity index (χ4n) is 2.75. The van der Waals surface area contributed by atoms with Crippen LogP contribution in [-0.4, -0.2) is 25.9 Å². The molecule has 1 amide bonds. The lowest BCUT2D eigenvalue weighted by Crippen LogP contribution is -2.09. The number of hydrogen-bond donors (Lipinski definition) is 1. The Balaban J connectivity index is 1.43. The van der Waals surface area contributed by atoms with E-state index in [0.717, 1.165) is 17.0 Å². The van der Waals surface area contributed by atoms with Crippen molar-refractivity contribution in [1.82, 2.24) is 20.0 Å². The molecule has 29 heavy (non-hydrogen) atoms. The lowest BCUT2D eigenvalue weighted by molar-refractivity contribution is 0.103. The Hall–Kier alpha value is -3.52. The Bertz CT molecular complexity index is 1130. The normalized spacial score (nSPS) is 10.7. The van der Waals surface area contributed by atoms with E-state index in [4.69, 9.17) is 4.74 Å². The van der Waals surface area contributed by atoms with Crippen LogP contribution in [0.25, 0.3) is 5.82 Å². The van der Waals surface area contributed by atoms with Crippen LogP contribution in [0.1, 0.15) is 26.6 Å². The molecule has 4 rings (SSSR count). The highest BCUT2D eigenvalue weighted by atomic mass is 32.1. The third-order valence-electron chi connectivity index (χ3n) is 4.58. The standard InChI is InChI=1S/C21H19N5O2S/c1-13-14(2)25-26(15(13)3)19-10-11-20(24-23-19)28-17-8-6-16(7-9-17)22-21(27)18-5-4-12-29-18/h4-12H,1-3H3,(H,22,27). The summed E-state index contributed by atoms with van der Waals surface area (Å²) in [5.41, 5.74) is 3.83. The number of hydrogen-bond acceptors (Lipinski definition) is 6. The molecular formula is C21H19N5O2S. The van der Waals surface area contributed by atoms with Crippen LogP contribution in [0.15, 0.2) is 53.9 Å². The zero-order valence-electron chi connectivity index (χ0n) is 16.2. The Morgan fingerprint density at radius 2 is 1.83 bits per heavy atom. The molecule has 7 nitrogen and oxygen atoms in total. The maximum atomic E-state index is 12.1. The van der Waals surface area contributed by atoms with E-state index in [1.54, 1.807) is 41.1 Å². The topological polar surface area (TPSA) is 81.9 Å². The number of aromatic nitrogens is 4. The van der Waals surface area contributed by atoms with Gasteiger partial charge in [0.15, 0.2) is 5.82 Å². The molecule has 0 spiro atoms. The minimum absolute atomic E-state index is 0.130. The van der Waals surface area contributed by atoms with Gasteiger partial charge in [0.25, 0.3) is 5.91 Å². The zero-order chi connectivity index (χ0) is 20.4. The number of carbonyl (C=O) groups is 1. The van der Waals surface area contributed by atoms with E-state index in [1.807, 2.05) is 38.3 Å². The van der Waals surface area contributed by atoms with Gasteiger partial charge in [-0.3, -0.25) is 4.79 Å². The molecule has 1 N–H and O–H groups in total. The Morgan fingerprint density at radius 3 is 2.41 bits per heavy atom. The van der Waals surface area contributed by atoms with Gasteiger partial charge in [-0.15, -0.1) is 21.5 Å². The predicted molar refractivity (Wildman–Crippen MR) is 112 cm³/mol. The largest absolute Gasteiger partial charge is 0.438 e. The number of anilines is 1. The number of aryl methyl sites for hydroxylation is 1. The lowest BCUT2D eigenvalue weighted by atomic mass is 10.2. The van der Waals surface area contributed by atoms with Crippen LogP contribution in [0.2, 0.25) is 0 Å². The summed E-state index contributed by atoms with van der Waals surface area (Å²) >= 11 is 1.40. The van der Waals surface area contributed by atoms with Crippen LogP contribution in [-0.2, 0) is 0 Å². The number of nitrogens with zero attached hydrogens (tertiary/aromatic N) is 4. The lowest BCUT2D eigenvalue weighted by Gasteiger charge is -2.08. The van der Waals surface area contributed by atoms with Gasteiger partial charge in [-0.2, -0.15) is 5.10 Å². The Kier molecular flexibility index (Phi) is 5.09. The van der Waals surface area contributed by atoms with Gasteiger partial charge >= 0.3 is 0 Å². The fraction of sp³-hybridized carbons (Fsp3) is 0.143. The smallest absolute Gasteiger partial charge is 0.265 e. The van der Waals surface area contributed by atoms with Gasteiger partial charge in [-0.1, -0.05) is 6.07 Å². The average Bonchev–Trinajstić information content (AvgIpc) is 3.35. The van der Waals surface area contributed by atoms with Crippen molar-refractivity contribution in [3.8, 4) is 17.4 Å². The quantitative estimate of drug-likeness (QED) is 0.521. The van der Waals surface area contributed by atoms with E-state index < -0.39 is 0 Å². The first-order valence-corrected chi connectivity index (χ1v) is 9.89. The fourth-order valence-corrected chi connectivity index (χ4v) is 3.37. The van der Waals surface area contributed by atoms with Gasteiger partial charge in [0.05, 0.1) is 10.6 Å². The first-order chi connectivity index (χ1) is 14.0. The molecule has 4 aromatic rings. The summed E-state index contributed by atoms with van der Waals surface area (Å²) in [6.45, 7) is 6.00. The molecule has 8 heteroatoms. The van der Waals surface area contributed by atoms with Crippen molar-refractivity contribution < 1.29 is 9.53 Å². The van der Waals surface area contributed by atoms with Crippen molar-refractivity contribution in [2.45, 2.75) is 20.8 Å². The van der Waals surface area contributed by atoms with Gasteiger partial charge < -0.3 is 10.1 Å². The van der Waals surface area contributed by atoms with Crippen LogP contribution in [0.3, 0.4) is 0 Å². The molecule has 3 heterocycles. The maximum absolute atomic E-state index is 12.1. The third kappa shape index (κ3) is 4.02. The molecule has 3 aromatic heterocycles. The van der Waals surface area contributed by atoms with Gasteiger partial charge in [0.2, 0.25) is 5.88 Å². The summed E-state index contributed by atoms with van der Waals surface area (Å²) < 4.78 is 7.52. The van der Waals surface area contributed by atoms with Gasteiger partial charge in [-0.05, 0) is 68.1 Å². The van der Waals surface area contributed by atoms with Crippen LogP contribution in [0, 0.1) is 20.8 Å². The second-order valence-corrected chi connectivity index (χ2v) is 7.44. The number of amides is 1. The van der Waals surface area contributed by atoms with Crippen molar-refractivity contribution in [1.29, 1.82) is 0 Å². The van der Waals surface area contributed by atoms with Crippen LogP contribution in [0.4, 0.5) is 5.69 Å². The van der Waals surface area contributed by atoms with Crippen LogP contribution in [0.5, 0.6) is 11.6 Å². The van der Waals surface area contributed by atoms with E-state index in [0.29, 0.717) is 28.0 Å². The maximum Gasteiger partial charge on any atom is 0.265 e. The highest BCUT2D eigenvalue weighted by Crippen LogP contribution is 2.23. The minimum atomic E-state index is -0.130. The summed E-state index contributed by atoms with van der Waals surface area (Å²) in [6, 6.07) is 14.3. The van der Waals surface area contributed by atoms with Gasteiger partial charge in [0.1, 0.15) is 5.75 Å². The van der Waals surface area contributed by atoms with Crippen LogP contribution < -0.4 is 10.1 Å². The molecule has 0 aliphatic heterocycles. The second-order valence-electron chi connectivity index (χ2n) is 6.50. The van der Waals surface area contributed by atoms with Crippen molar-refractivity contribution in [2.24, 2.45) is 0 Å². The number of ether oxygens (including phenoxy) is 1. The molecule has 0 saturated carbocycles. The molecule has 0 bridgehead atoms. The molecule has 1 aromatic carbocycles. The van der Waals surface area contributed by atoms with Crippen LogP contribution >= 0.6 is 11.3 Å². The molecule has 0 fully saturated rings. The summed E-state index contributed by atoms with van der Waals surface area (Å²) in [4.78, 5) is 12.8. The molecule has 146 valence electrons. The number of nitrogens with one attached hydrogen (secondary N) is 1. The number of thiophene rings is 1. The monoisotopic (exact) mass is 405 g/mol. The van der Waals surface area contributed by atoms with Gasteiger partial charge in [0, 0.05) is 17.4 Å². The predicted octanol–water partition coefficient (Wildman–Crippen LogP) is 4.69. The molecule has 0 aliphatic rings. The summed E-state index contributed by atoms with van der Waals surface area (Å²) in [6.07, 6.45) is 0. The molecule has 0 aliphatic carbocycles. The van der Waals surface area contributed by atoms with E-state index in [9.17, 15) is 4.79 Å². The molecule has 0 saturated heterocycles. The molecule has 0 unspecified atom stereocenters. The first-order valence-electron chi connectivity index (χ1n) is 9.01. The number of benzene rings is 1. The molecule has 0 atom stereocenters. The second kappa shape index (κ2) is 7.84. The minimum Gasteiger partial charge on any atom is -0.438 e. The van der Waals surface area contributed by atoms with Crippen molar-refractivity contribution >= 4 is 22.9 Å². The van der Waals surface area contributed by atoms with Crippen molar-refractivity contribution in [3.63, 3.8) is 0 Å². The third-order valence-corrected chi connectivity index (χ3v) is 5.44. The molecular weight excluding hydrogens is 386 g/mol. The number of carbonyl (C=O) groups excluding carboxylic acids is 1. The summed E-state index contributed by atoms with van der Waals surface area (Å²) in [5, 5.41) is 17.6. The number of rotatable bonds is 5. The van der Waals surface area contributed by atoms with E-state index in [2.05, 4.69) is 20.6 Å². The van der Waals surface area contributed by atoms with E-state index in [-0.39, 0.29) is 5.91 Å². The van der Waals surface area contributed by atoms with Crippen molar-refractivity contribution in [3.05, 3.63) is 75.7 Å². The van der Waals surface area contributed by atoms with E-state index in [1.165, 1.54) is 11.3 Å². The first kappa shape index (κ1) is 18.8. The van der Waals surface area contributed by atoms with Gasteiger partial charge in [-0.25, -0.2) is 4.68 Å². The average molecular weight is 405 g/mol. The SMILES string of the molecule is Cc1nn(-c2ccc(Oc3ccc(NC(=O)c4cccs4)cc3)nn2)c(C)c1C. The summed E-state index contributed by atoms with van der Waals surface area (Å²) in [7, 11) is 0. The highest BCUT2D eigenvalue weighted by molar-refractivity contribution is 7.12. The Morgan fingerprint density at radius 1 is 1.03 bits per heavy atom.